The summed E-state index contributed by atoms with van der Waals surface area (Å²) in [4.78, 5) is 19.2. The summed E-state index contributed by atoms with van der Waals surface area (Å²) in [7, 11) is 0. The predicted molar refractivity (Wildman–Crippen MR) is 75.1 cm³/mol. The van der Waals surface area contributed by atoms with Crippen LogP contribution in [0.4, 0.5) is 5.69 Å². The number of carbonyl (C=O) groups excluding carboxylic acids is 1. The SMILES string of the molecule is CCC(C)=NOCc1c(I)cccc1N=C=O. The van der Waals surface area contributed by atoms with E-state index >= 15 is 0 Å². The maximum atomic E-state index is 10.3. The van der Waals surface area contributed by atoms with Crippen LogP contribution in [0.15, 0.2) is 28.3 Å². The van der Waals surface area contributed by atoms with Crippen molar-refractivity contribution in [2.45, 2.75) is 26.9 Å². The monoisotopic (exact) mass is 344 g/mol. The maximum Gasteiger partial charge on any atom is 0.240 e. The van der Waals surface area contributed by atoms with Crippen LogP contribution in [-0.4, -0.2) is 11.8 Å². The first-order valence-electron chi connectivity index (χ1n) is 5.19. The molecule has 1 rings (SSSR count). The molecule has 0 aromatic heterocycles. The molecule has 90 valence electrons. The van der Waals surface area contributed by atoms with E-state index in [0.29, 0.717) is 12.3 Å². The molecule has 0 amide bonds. The van der Waals surface area contributed by atoms with E-state index in [1.165, 1.54) is 0 Å². The largest absolute Gasteiger partial charge is 0.391 e. The first-order chi connectivity index (χ1) is 8.19. The molecule has 0 aliphatic rings. The summed E-state index contributed by atoms with van der Waals surface area (Å²) in [6.07, 6.45) is 2.39. The van der Waals surface area contributed by atoms with Gasteiger partial charge in [0.25, 0.3) is 0 Å². The summed E-state index contributed by atoms with van der Waals surface area (Å²) in [5.74, 6) is 0. The van der Waals surface area contributed by atoms with Crippen LogP contribution in [-0.2, 0) is 16.2 Å². The maximum absolute atomic E-state index is 10.3. The molecule has 1 aromatic carbocycles. The minimum absolute atomic E-state index is 0.303. The molecule has 0 fully saturated rings. The van der Waals surface area contributed by atoms with Gasteiger partial charge in [-0.25, -0.2) is 4.79 Å². The van der Waals surface area contributed by atoms with Gasteiger partial charge in [-0.05, 0) is 48.1 Å². The summed E-state index contributed by atoms with van der Waals surface area (Å²) in [5, 5.41) is 3.95. The van der Waals surface area contributed by atoms with Gasteiger partial charge in [0.1, 0.15) is 6.61 Å². The first kappa shape index (κ1) is 13.9. The van der Waals surface area contributed by atoms with Gasteiger partial charge < -0.3 is 4.84 Å². The Balaban J connectivity index is 2.86. The number of isocyanates is 1. The second-order valence-corrected chi connectivity index (χ2v) is 4.56. The second kappa shape index (κ2) is 7.19. The number of hydrogen-bond donors (Lipinski definition) is 0. The molecule has 17 heavy (non-hydrogen) atoms. The number of aliphatic imine (C=N–C) groups is 1. The number of rotatable bonds is 5. The molecule has 0 bridgehead atoms. The van der Waals surface area contributed by atoms with Gasteiger partial charge in [0.2, 0.25) is 6.08 Å². The van der Waals surface area contributed by atoms with Gasteiger partial charge in [0.15, 0.2) is 0 Å². The number of oxime groups is 1. The van der Waals surface area contributed by atoms with Crippen LogP contribution in [0, 0.1) is 3.57 Å². The lowest BCUT2D eigenvalue weighted by molar-refractivity contribution is 0.129. The highest BCUT2D eigenvalue weighted by molar-refractivity contribution is 14.1. The van der Waals surface area contributed by atoms with E-state index in [1.807, 2.05) is 26.0 Å². The Labute approximate surface area is 114 Å². The summed E-state index contributed by atoms with van der Waals surface area (Å²) < 4.78 is 0.989. The molecule has 0 aliphatic carbocycles. The van der Waals surface area contributed by atoms with Gasteiger partial charge >= 0.3 is 0 Å². The van der Waals surface area contributed by atoms with E-state index < -0.39 is 0 Å². The highest BCUT2D eigenvalue weighted by Crippen LogP contribution is 2.24. The Morgan fingerprint density at radius 3 is 2.94 bits per heavy atom. The van der Waals surface area contributed by atoms with Crippen molar-refractivity contribution in [3.63, 3.8) is 0 Å². The Hall–Kier alpha value is -1.20. The van der Waals surface area contributed by atoms with Gasteiger partial charge in [-0.2, -0.15) is 4.99 Å². The topological polar surface area (TPSA) is 51.0 Å². The van der Waals surface area contributed by atoms with Crippen LogP contribution in [0.2, 0.25) is 0 Å². The van der Waals surface area contributed by atoms with Crippen molar-refractivity contribution in [3.8, 4) is 0 Å². The zero-order valence-corrected chi connectivity index (χ0v) is 11.9. The molecule has 0 atom stereocenters. The fourth-order valence-electron chi connectivity index (χ4n) is 1.12. The van der Waals surface area contributed by atoms with Gasteiger partial charge in [-0.15, -0.1) is 0 Å². The molecule has 0 saturated heterocycles. The van der Waals surface area contributed by atoms with Crippen LogP contribution in [0.3, 0.4) is 0 Å². The molecule has 0 heterocycles. The third-order valence-electron chi connectivity index (χ3n) is 2.20. The number of hydrogen-bond acceptors (Lipinski definition) is 4. The standard InChI is InChI=1S/C12H13IN2O2/c1-3-9(2)15-17-7-10-11(13)5-4-6-12(10)14-8-16/h4-6H,3,7H2,1-2H3. The Morgan fingerprint density at radius 2 is 2.29 bits per heavy atom. The van der Waals surface area contributed by atoms with E-state index in [4.69, 9.17) is 4.84 Å². The van der Waals surface area contributed by atoms with Crippen LogP contribution in [0.5, 0.6) is 0 Å². The summed E-state index contributed by atoms with van der Waals surface area (Å²) in [6.45, 7) is 4.22. The number of benzene rings is 1. The molecule has 4 nitrogen and oxygen atoms in total. The average molecular weight is 344 g/mol. The fraction of sp³-hybridized carbons (Fsp3) is 0.333. The van der Waals surface area contributed by atoms with Crippen molar-refractivity contribution in [1.82, 2.24) is 0 Å². The van der Waals surface area contributed by atoms with Crippen molar-refractivity contribution in [2.75, 3.05) is 0 Å². The zero-order valence-electron chi connectivity index (χ0n) is 9.74. The van der Waals surface area contributed by atoms with Gasteiger partial charge in [-0.3, -0.25) is 0 Å². The van der Waals surface area contributed by atoms with E-state index in [-0.39, 0.29) is 0 Å². The highest BCUT2D eigenvalue weighted by Gasteiger charge is 2.06. The molecule has 0 N–H and O–H groups in total. The Bertz CT molecular complexity index is 466. The van der Waals surface area contributed by atoms with E-state index in [0.717, 1.165) is 21.3 Å². The van der Waals surface area contributed by atoms with Crippen molar-refractivity contribution >= 4 is 40.1 Å². The third-order valence-corrected chi connectivity index (χ3v) is 3.21. The van der Waals surface area contributed by atoms with Crippen molar-refractivity contribution in [2.24, 2.45) is 10.1 Å². The molecule has 0 radical (unpaired) electrons. The molecule has 0 saturated carbocycles. The summed E-state index contributed by atoms with van der Waals surface area (Å²) in [6, 6.07) is 5.52. The average Bonchev–Trinajstić information content (AvgIpc) is 2.32. The van der Waals surface area contributed by atoms with Crippen LogP contribution < -0.4 is 0 Å². The second-order valence-electron chi connectivity index (χ2n) is 3.39. The van der Waals surface area contributed by atoms with Gasteiger partial charge in [-0.1, -0.05) is 18.1 Å². The van der Waals surface area contributed by atoms with E-state index in [9.17, 15) is 4.79 Å². The summed E-state index contributed by atoms with van der Waals surface area (Å²) in [5.41, 5.74) is 2.36. The molecule has 0 aliphatic heterocycles. The Kier molecular flexibility index (Phi) is 5.86. The summed E-state index contributed by atoms with van der Waals surface area (Å²) >= 11 is 2.17. The number of halogens is 1. The molecular formula is C12H13IN2O2. The van der Waals surface area contributed by atoms with E-state index in [1.54, 1.807) is 12.1 Å². The smallest absolute Gasteiger partial charge is 0.240 e. The quantitative estimate of drug-likeness (QED) is 0.355. The van der Waals surface area contributed by atoms with Crippen LogP contribution in [0.25, 0.3) is 0 Å². The lowest BCUT2D eigenvalue weighted by Gasteiger charge is -2.06. The van der Waals surface area contributed by atoms with Crippen LogP contribution >= 0.6 is 22.6 Å². The molecule has 0 spiro atoms. The molecule has 5 heteroatoms. The fourth-order valence-corrected chi connectivity index (χ4v) is 1.76. The minimum Gasteiger partial charge on any atom is -0.391 e. The predicted octanol–water partition coefficient (Wildman–Crippen LogP) is 3.56. The molecule has 0 unspecified atom stereocenters. The van der Waals surface area contributed by atoms with Crippen molar-refractivity contribution in [3.05, 3.63) is 27.3 Å². The first-order valence-corrected chi connectivity index (χ1v) is 6.27. The van der Waals surface area contributed by atoms with Crippen molar-refractivity contribution in [1.29, 1.82) is 0 Å². The minimum atomic E-state index is 0.303. The molecule has 1 aromatic rings. The molecular weight excluding hydrogens is 331 g/mol. The highest BCUT2D eigenvalue weighted by atomic mass is 127. The van der Waals surface area contributed by atoms with Crippen molar-refractivity contribution < 1.29 is 9.63 Å². The third kappa shape index (κ3) is 4.28. The van der Waals surface area contributed by atoms with Gasteiger partial charge in [0, 0.05) is 9.13 Å². The zero-order chi connectivity index (χ0) is 12.7. The van der Waals surface area contributed by atoms with Gasteiger partial charge in [0.05, 0.1) is 11.4 Å². The normalized spacial score (nSPS) is 10.9. The lowest BCUT2D eigenvalue weighted by atomic mass is 10.2. The van der Waals surface area contributed by atoms with E-state index in [2.05, 4.69) is 32.7 Å². The Morgan fingerprint density at radius 1 is 1.53 bits per heavy atom. The lowest BCUT2D eigenvalue weighted by Crippen LogP contribution is -1.95. The number of nitrogens with zero attached hydrogens (tertiary/aromatic N) is 2. The van der Waals surface area contributed by atoms with Crippen LogP contribution in [0.1, 0.15) is 25.8 Å².